The van der Waals surface area contributed by atoms with E-state index in [4.69, 9.17) is 0 Å². The first-order valence-electron chi connectivity index (χ1n) is 8.25. The number of nitrogens with one attached hydrogen (secondary N) is 1. The Bertz CT molecular complexity index is 783. The number of nitriles is 1. The maximum atomic E-state index is 11.5. The van der Waals surface area contributed by atoms with Crippen molar-refractivity contribution in [2.45, 2.75) is 18.9 Å². The van der Waals surface area contributed by atoms with Crippen molar-refractivity contribution < 1.29 is 9.90 Å². The van der Waals surface area contributed by atoms with Gasteiger partial charge in [0.15, 0.2) is 11.4 Å². The summed E-state index contributed by atoms with van der Waals surface area (Å²) in [6, 6.07) is 9.73. The van der Waals surface area contributed by atoms with Crippen molar-refractivity contribution >= 4 is 23.2 Å². The van der Waals surface area contributed by atoms with Gasteiger partial charge < -0.3 is 20.2 Å². The van der Waals surface area contributed by atoms with Crippen LogP contribution in [0.5, 0.6) is 0 Å². The first-order valence-corrected chi connectivity index (χ1v) is 8.25. The highest BCUT2D eigenvalue weighted by Gasteiger charge is 2.30. The second-order valence-electron chi connectivity index (χ2n) is 6.43. The minimum absolute atomic E-state index is 0.275. The molecule has 7 nitrogen and oxygen atoms in total. The van der Waals surface area contributed by atoms with Crippen LogP contribution in [0.4, 0.5) is 11.4 Å². The molecule has 25 heavy (non-hydrogen) atoms. The summed E-state index contributed by atoms with van der Waals surface area (Å²) in [5.74, 6) is -0.713. The van der Waals surface area contributed by atoms with Gasteiger partial charge >= 0.3 is 5.97 Å². The number of aliphatic imine (C=N–C) groups is 1. The van der Waals surface area contributed by atoms with Gasteiger partial charge in [-0.2, -0.15) is 5.26 Å². The molecule has 130 valence electrons. The number of carboxylic acids is 1. The van der Waals surface area contributed by atoms with Gasteiger partial charge in [-0.05, 0) is 39.1 Å². The van der Waals surface area contributed by atoms with Gasteiger partial charge in [0, 0.05) is 19.1 Å². The van der Waals surface area contributed by atoms with E-state index in [0.29, 0.717) is 17.6 Å². The second kappa shape index (κ2) is 6.95. The SMILES string of the molecule is CN(C)C1CCN(C2=Nc3ccccc3NC2=C(C#N)C(=O)O)CC1. The summed E-state index contributed by atoms with van der Waals surface area (Å²) in [5, 5.41) is 21.8. The van der Waals surface area contributed by atoms with Crippen molar-refractivity contribution in [2.24, 2.45) is 4.99 Å². The number of carboxylic acid groups (broad SMARTS) is 1. The largest absolute Gasteiger partial charge is 0.477 e. The highest BCUT2D eigenvalue weighted by atomic mass is 16.4. The van der Waals surface area contributed by atoms with Crippen molar-refractivity contribution in [3.8, 4) is 6.07 Å². The van der Waals surface area contributed by atoms with Crippen molar-refractivity contribution in [1.29, 1.82) is 5.26 Å². The van der Waals surface area contributed by atoms with Crippen LogP contribution in [0, 0.1) is 11.3 Å². The number of amidine groups is 1. The normalized spacial score (nSPS) is 19.6. The summed E-state index contributed by atoms with van der Waals surface area (Å²) in [5.41, 5.74) is 1.41. The Morgan fingerprint density at radius 2 is 2.04 bits per heavy atom. The van der Waals surface area contributed by atoms with Gasteiger partial charge in [-0.15, -0.1) is 0 Å². The van der Waals surface area contributed by atoms with Crippen molar-refractivity contribution in [1.82, 2.24) is 9.80 Å². The number of aliphatic carboxylic acids is 1. The molecular weight excluding hydrogens is 318 g/mol. The number of piperidine rings is 1. The molecule has 1 fully saturated rings. The smallest absolute Gasteiger partial charge is 0.348 e. The zero-order chi connectivity index (χ0) is 18.0. The molecule has 2 heterocycles. The predicted octanol–water partition coefficient (Wildman–Crippen LogP) is 2.03. The van der Waals surface area contributed by atoms with E-state index in [9.17, 15) is 15.2 Å². The van der Waals surface area contributed by atoms with E-state index >= 15 is 0 Å². The number of benzene rings is 1. The maximum absolute atomic E-state index is 11.5. The summed E-state index contributed by atoms with van der Waals surface area (Å²) in [6.45, 7) is 1.54. The molecule has 0 aromatic heterocycles. The van der Waals surface area contributed by atoms with Gasteiger partial charge in [0.05, 0.1) is 11.4 Å². The second-order valence-corrected chi connectivity index (χ2v) is 6.43. The van der Waals surface area contributed by atoms with E-state index < -0.39 is 5.97 Å². The van der Waals surface area contributed by atoms with Crippen LogP contribution in [-0.4, -0.2) is 59.9 Å². The van der Waals surface area contributed by atoms with E-state index in [2.05, 4.69) is 34.2 Å². The van der Waals surface area contributed by atoms with Crippen LogP contribution >= 0.6 is 0 Å². The van der Waals surface area contributed by atoms with Crippen LogP contribution < -0.4 is 5.32 Å². The molecule has 0 spiro atoms. The fourth-order valence-electron chi connectivity index (χ4n) is 3.25. The number of para-hydroxylation sites is 2. The van der Waals surface area contributed by atoms with E-state index in [1.54, 1.807) is 6.07 Å². The summed E-state index contributed by atoms with van der Waals surface area (Å²) in [6.07, 6.45) is 1.94. The first-order chi connectivity index (χ1) is 12.0. The Kier molecular flexibility index (Phi) is 4.72. The van der Waals surface area contributed by atoms with Crippen molar-refractivity contribution in [2.75, 3.05) is 32.5 Å². The molecule has 0 bridgehead atoms. The number of carbonyl (C=O) groups is 1. The number of anilines is 1. The molecule has 1 aromatic rings. The first kappa shape index (κ1) is 17.0. The van der Waals surface area contributed by atoms with Gasteiger partial charge in [0.25, 0.3) is 0 Å². The maximum Gasteiger partial charge on any atom is 0.348 e. The molecule has 2 aliphatic heterocycles. The van der Waals surface area contributed by atoms with Gasteiger partial charge in [-0.25, -0.2) is 9.79 Å². The minimum atomic E-state index is -1.25. The molecule has 0 aliphatic carbocycles. The van der Waals surface area contributed by atoms with Gasteiger partial charge in [0.1, 0.15) is 11.8 Å². The topological polar surface area (TPSA) is 92.0 Å². The number of fused-ring (bicyclic) bond motifs is 1. The van der Waals surface area contributed by atoms with Gasteiger partial charge in [-0.3, -0.25) is 0 Å². The lowest BCUT2D eigenvalue weighted by Gasteiger charge is -2.38. The lowest BCUT2D eigenvalue weighted by Crippen LogP contribution is -2.46. The Balaban J connectivity index is 2.00. The number of hydrogen-bond acceptors (Lipinski definition) is 6. The molecule has 2 aliphatic rings. The summed E-state index contributed by atoms with van der Waals surface area (Å²) >= 11 is 0. The molecule has 0 amide bonds. The predicted molar refractivity (Wildman–Crippen MR) is 95.7 cm³/mol. The molecule has 0 atom stereocenters. The Hall–Kier alpha value is -2.85. The standard InChI is InChI=1S/C18H21N5O2/c1-22(2)12-7-9-23(10-8-12)17-16(13(11-19)18(24)25)20-14-5-3-4-6-15(14)21-17/h3-6,12,20H,7-10H2,1-2H3,(H,24,25). The third kappa shape index (κ3) is 3.35. The number of likely N-dealkylation sites (tertiary alicyclic amines) is 1. The van der Waals surface area contributed by atoms with Crippen LogP contribution in [0.25, 0.3) is 0 Å². The summed E-state index contributed by atoms with van der Waals surface area (Å²) in [7, 11) is 4.14. The zero-order valence-electron chi connectivity index (χ0n) is 14.4. The van der Waals surface area contributed by atoms with Gasteiger partial charge in [0.2, 0.25) is 0 Å². The van der Waals surface area contributed by atoms with E-state index in [1.165, 1.54) is 0 Å². The van der Waals surface area contributed by atoms with Crippen LogP contribution in [-0.2, 0) is 4.79 Å². The zero-order valence-corrected chi connectivity index (χ0v) is 14.4. The van der Waals surface area contributed by atoms with Crippen molar-refractivity contribution in [3.63, 3.8) is 0 Å². The van der Waals surface area contributed by atoms with Crippen LogP contribution in [0.15, 0.2) is 40.5 Å². The fourth-order valence-corrected chi connectivity index (χ4v) is 3.25. The third-order valence-electron chi connectivity index (χ3n) is 4.68. The Labute approximate surface area is 146 Å². The molecule has 0 saturated carbocycles. The quantitative estimate of drug-likeness (QED) is 0.633. The number of hydrogen-bond donors (Lipinski definition) is 2. The van der Waals surface area contributed by atoms with Gasteiger partial charge in [-0.1, -0.05) is 12.1 Å². The van der Waals surface area contributed by atoms with Crippen molar-refractivity contribution in [3.05, 3.63) is 35.5 Å². The minimum Gasteiger partial charge on any atom is -0.477 e. The molecule has 2 N–H and O–H groups in total. The average molecular weight is 339 g/mol. The van der Waals surface area contributed by atoms with Crippen LogP contribution in [0.1, 0.15) is 12.8 Å². The number of rotatable bonds is 2. The summed E-state index contributed by atoms with van der Waals surface area (Å²) in [4.78, 5) is 20.5. The lowest BCUT2D eigenvalue weighted by molar-refractivity contribution is -0.132. The molecule has 1 aromatic carbocycles. The van der Waals surface area contributed by atoms with E-state index in [-0.39, 0.29) is 11.3 Å². The average Bonchev–Trinajstić information content (AvgIpc) is 2.61. The third-order valence-corrected chi connectivity index (χ3v) is 4.68. The van der Waals surface area contributed by atoms with E-state index in [1.807, 2.05) is 24.3 Å². The molecule has 0 unspecified atom stereocenters. The van der Waals surface area contributed by atoms with Crippen LogP contribution in [0.3, 0.4) is 0 Å². The Morgan fingerprint density at radius 1 is 1.36 bits per heavy atom. The Morgan fingerprint density at radius 3 is 2.64 bits per heavy atom. The summed E-state index contributed by atoms with van der Waals surface area (Å²) < 4.78 is 0. The molecule has 0 radical (unpaired) electrons. The highest BCUT2D eigenvalue weighted by Crippen LogP contribution is 2.33. The van der Waals surface area contributed by atoms with E-state index in [0.717, 1.165) is 31.6 Å². The highest BCUT2D eigenvalue weighted by molar-refractivity contribution is 6.12. The molecule has 3 rings (SSSR count). The number of nitrogens with zero attached hydrogens (tertiary/aromatic N) is 4. The molecule has 1 saturated heterocycles. The molecule has 7 heteroatoms. The lowest BCUT2D eigenvalue weighted by atomic mass is 10.0. The fraction of sp³-hybridized carbons (Fsp3) is 0.389. The molecular formula is C18H21N5O2. The monoisotopic (exact) mass is 339 g/mol. The van der Waals surface area contributed by atoms with Crippen LogP contribution in [0.2, 0.25) is 0 Å².